The van der Waals surface area contributed by atoms with Gasteiger partial charge < -0.3 is 5.11 Å². The van der Waals surface area contributed by atoms with Crippen molar-refractivity contribution >= 4 is 21.9 Å². The Kier molecular flexibility index (Phi) is 5.38. The number of benzene rings is 2. The highest BCUT2D eigenvalue weighted by molar-refractivity contribution is 9.10. The molecule has 6 heteroatoms. The lowest BCUT2D eigenvalue weighted by atomic mass is 9.98. The minimum atomic E-state index is -0.970. The average Bonchev–Trinajstić information content (AvgIpc) is 2.48. The van der Waals surface area contributed by atoms with Crippen LogP contribution in [0.5, 0.6) is 0 Å². The van der Waals surface area contributed by atoms with E-state index in [1.54, 1.807) is 36.4 Å². The summed E-state index contributed by atoms with van der Waals surface area (Å²) in [6.07, 6.45) is 0.0182. The Morgan fingerprint density at radius 2 is 1.91 bits per heavy atom. The Labute approximate surface area is 135 Å². The molecule has 0 bridgehead atoms. The summed E-state index contributed by atoms with van der Waals surface area (Å²) in [5.74, 6) is -1.32. The van der Waals surface area contributed by atoms with E-state index in [0.29, 0.717) is 21.2 Å². The number of nitroso groups, excluding NO2 is 1. The number of carboxylic acids is 1. The molecule has 1 N–H and O–H groups in total. The molecular weight excluding hydrogens is 353 g/mol. The summed E-state index contributed by atoms with van der Waals surface area (Å²) in [5.41, 5.74) is 1.75. The molecule has 0 radical (unpaired) electrons. The Bertz CT molecular complexity index is 688. The van der Waals surface area contributed by atoms with Crippen molar-refractivity contribution in [2.45, 2.75) is 18.9 Å². The lowest BCUT2D eigenvalue weighted by molar-refractivity contribution is -0.137. The van der Waals surface area contributed by atoms with E-state index >= 15 is 0 Å². The van der Waals surface area contributed by atoms with Crippen LogP contribution in [-0.4, -0.2) is 11.1 Å². The number of carbonyl (C=O) groups is 1. The zero-order chi connectivity index (χ0) is 16.1. The summed E-state index contributed by atoms with van der Waals surface area (Å²) in [5, 5.41) is 11.6. The second kappa shape index (κ2) is 7.26. The van der Waals surface area contributed by atoms with E-state index in [0.717, 1.165) is 0 Å². The Morgan fingerprint density at radius 1 is 1.23 bits per heavy atom. The van der Waals surface area contributed by atoms with Gasteiger partial charge in [0, 0.05) is 16.5 Å². The maximum absolute atomic E-state index is 13.9. The topological polar surface area (TPSA) is 66.7 Å². The molecule has 0 saturated carbocycles. The molecule has 2 aromatic carbocycles. The third-order valence-electron chi connectivity index (χ3n) is 3.30. The van der Waals surface area contributed by atoms with Gasteiger partial charge in [-0.2, -0.15) is 4.91 Å². The second-order valence-electron chi connectivity index (χ2n) is 4.80. The Balaban J connectivity index is 2.22. The highest BCUT2D eigenvalue weighted by Crippen LogP contribution is 2.28. The number of rotatable bonds is 6. The van der Waals surface area contributed by atoms with Gasteiger partial charge in [0.2, 0.25) is 0 Å². The average molecular weight is 366 g/mol. The molecule has 0 fully saturated rings. The van der Waals surface area contributed by atoms with Crippen molar-refractivity contribution in [2.75, 3.05) is 0 Å². The van der Waals surface area contributed by atoms with Crippen LogP contribution in [0.15, 0.2) is 52.1 Å². The van der Waals surface area contributed by atoms with E-state index in [1.165, 1.54) is 6.07 Å². The molecule has 0 aliphatic rings. The van der Waals surface area contributed by atoms with Crippen LogP contribution in [0.25, 0.3) is 11.1 Å². The quantitative estimate of drug-likeness (QED) is 0.738. The first kappa shape index (κ1) is 16.3. The van der Waals surface area contributed by atoms with Crippen LogP contribution in [0.1, 0.15) is 24.4 Å². The monoisotopic (exact) mass is 365 g/mol. The molecule has 0 heterocycles. The molecule has 22 heavy (non-hydrogen) atoms. The fraction of sp³-hybridized carbons (Fsp3) is 0.188. The lowest BCUT2D eigenvalue weighted by Crippen LogP contribution is -2.01. The number of nitrogens with zero attached hydrogens (tertiary/aromatic N) is 1. The molecule has 0 saturated heterocycles. The van der Waals surface area contributed by atoms with Gasteiger partial charge >= 0.3 is 5.97 Å². The Morgan fingerprint density at radius 3 is 2.45 bits per heavy atom. The molecule has 0 aromatic heterocycles. The fourth-order valence-electron chi connectivity index (χ4n) is 2.15. The van der Waals surface area contributed by atoms with Gasteiger partial charge in [-0.05, 0) is 29.7 Å². The summed E-state index contributed by atoms with van der Waals surface area (Å²) in [4.78, 5) is 21.4. The smallest absolute Gasteiger partial charge is 0.303 e. The standard InChI is InChI=1S/C16H13BrFNO3/c17-12-5-6-13(14(18)9-12)10-1-3-11(4-2-10)15(19-22)7-8-16(20)21/h1-6,9,15H,7-8H2,(H,20,21). The third-order valence-corrected chi connectivity index (χ3v) is 3.79. The molecule has 0 spiro atoms. The minimum absolute atomic E-state index is 0.125. The van der Waals surface area contributed by atoms with Crippen LogP contribution in [0.4, 0.5) is 4.39 Å². The first-order valence-corrected chi connectivity index (χ1v) is 7.40. The fourth-order valence-corrected chi connectivity index (χ4v) is 2.48. The van der Waals surface area contributed by atoms with E-state index in [-0.39, 0.29) is 18.7 Å². The van der Waals surface area contributed by atoms with Crippen LogP contribution in [0.2, 0.25) is 0 Å². The first-order valence-electron chi connectivity index (χ1n) is 6.61. The SMILES string of the molecule is O=NC(CCC(=O)O)c1ccc(-c2ccc(Br)cc2F)cc1. The summed E-state index contributed by atoms with van der Waals surface area (Å²) in [6, 6.07) is 10.8. The van der Waals surface area contributed by atoms with E-state index in [1.807, 2.05) is 0 Å². The molecule has 1 atom stereocenters. The molecule has 0 amide bonds. The summed E-state index contributed by atoms with van der Waals surface area (Å²) < 4.78 is 14.6. The van der Waals surface area contributed by atoms with Gasteiger partial charge in [0.1, 0.15) is 11.9 Å². The predicted molar refractivity (Wildman–Crippen MR) is 84.9 cm³/mol. The molecule has 0 aliphatic carbocycles. The normalized spacial score (nSPS) is 11.9. The summed E-state index contributed by atoms with van der Waals surface area (Å²) >= 11 is 3.20. The van der Waals surface area contributed by atoms with Gasteiger partial charge in [0.15, 0.2) is 0 Å². The van der Waals surface area contributed by atoms with Crippen LogP contribution in [0, 0.1) is 10.7 Å². The van der Waals surface area contributed by atoms with Gasteiger partial charge in [-0.15, -0.1) is 0 Å². The van der Waals surface area contributed by atoms with E-state index in [9.17, 15) is 14.1 Å². The van der Waals surface area contributed by atoms with Crippen molar-refractivity contribution in [3.63, 3.8) is 0 Å². The van der Waals surface area contributed by atoms with Crippen molar-refractivity contribution in [2.24, 2.45) is 5.18 Å². The van der Waals surface area contributed by atoms with Crippen molar-refractivity contribution in [3.05, 3.63) is 63.2 Å². The number of aliphatic carboxylic acids is 1. The predicted octanol–water partition coefficient (Wildman–Crippen LogP) is 4.93. The Hall–Kier alpha value is -2.08. The summed E-state index contributed by atoms with van der Waals surface area (Å²) in [6.45, 7) is 0. The highest BCUT2D eigenvalue weighted by Gasteiger charge is 2.14. The van der Waals surface area contributed by atoms with E-state index in [4.69, 9.17) is 5.11 Å². The van der Waals surface area contributed by atoms with Gasteiger partial charge in [0.25, 0.3) is 0 Å². The van der Waals surface area contributed by atoms with Crippen molar-refractivity contribution in [1.29, 1.82) is 0 Å². The number of carboxylic acid groups (broad SMARTS) is 1. The zero-order valence-electron chi connectivity index (χ0n) is 11.5. The number of hydrogen-bond acceptors (Lipinski definition) is 3. The maximum atomic E-state index is 13.9. The maximum Gasteiger partial charge on any atom is 0.303 e. The van der Waals surface area contributed by atoms with E-state index in [2.05, 4.69) is 21.1 Å². The molecule has 114 valence electrons. The second-order valence-corrected chi connectivity index (χ2v) is 5.72. The molecule has 1 unspecified atom stereocenters. The van der Waals surface area contributed by atoms with Gasteiger partial charge in [-0.1, -0.05) is 51.4 Å². The zero-order valence-corrected chi connectivity index (χ0v) is 13.1. The number of halogens is 2. The summed E-state index contributed by atoms with van der Waals surface area (Å²) in [7, 11) is 0. The molecule has 0 aliphatic heterocycles. The number of hydrogen-bond donors (Lipinski definition) is 1. The first-order chi connectivity index (χ1) is 10.5. The van der Waals surface area contributed by atoms with Gasteiger partial charge in [-0.25, -0.2) is 4.39 Å². The third kappa shape index (κ3) is 3.98. The van der Waals surface area contributed by atoms with E-state index < -0.39 is 12.0 Å². The van der Waals surface area contributed by atoms with Crippen LogP contribution in [0.3, 0.4) is 0 Å². The van der Waals surface area contributed by atoms with Gasteiger partial charge in [0.05, 0.1) is 0 Å². The minimum Gasteiger partial charge on any atom is -0.481 e. The lowest BCUT2D eigenvalue weighted by Gasteiger charge is -2.10. The molecule has 4 nitrogen and oxygen atoms in total. The highest BCUT2D eigenvalue weighted by atomic mass is 79.9. The van der Waals surface area contributed by atoms with Crippen LogP contribution < -0.4 is 0 Å². The molecule has 2 aromatic rings. The largest absolute Gasteiger partial charge is 0.481 e. The van der Waals surface area contributed by atoms with Gasteiger partial charge in [-0.3, -0.25) is 4.79 Å². The molecular formula is C16H13BrFNO3. The van der Waals surface area contributed by atoms with Crippen molar-refractivity contribution in [3.8, 4) is 11.1 Å². The van der Waals surface area contributed by atoms with Crippen LogP contribution in [-0.2, 0) is 4.79 Å². The van der Waals surface area contributed by atoms with Crippen molar-refractivity contribution in [1.82, 2.24) is 0 Å². The molecule has 2 rings (SSSR count). The van der Waals surface area contributed by atoms with Crippen molar-refractivity contribution < 1.29 is 14.3 Å². The van der Waals surface area contributed by atoms with Crippen LogP contribution >= 0.6 is 15.9 Å².